The lowest BCUT2D eigenvalue weighted by atomic mass is 9.88. The zero-order valence-corrected chi connectivity index (χ0v) is 11.8. The number of carbonyl (C=O) groups excluding carboxylic acids is 1. The molecule has 1 heterocycles. The number of nitrogens with one attached hydrogen (secondary N) is 1. The van der Waals surface area contributed by atoms with Crippen LogP contribution in [0.15, 0.2) is 0 Å². The molecule has 1 amide bonds. The van der Waals surface area contributed by atoms with Crippen LogP contribution in [-0.2, 0) is 9.53 Å². The second-order valence-electron chi connectivity index (χ2n) is 6.38. The Hall–Kier alpha value is -0.610. The Morgan fingerprint density at radius 2 is 2.05 bits per heavy atom. The highest BCUT2D eigenvalue weighted by Crippen LogP contribution is 2.48. The summed E-state index contributed by atoms with van der Waals surface area (Å²) in [7, 11) is 0. The fourth-order valence-electron chi connectivity index (χ4n) is 4.04. The van der Waals surface area contributed by atoms with E-state index in [0.29, 0.717) is 17.7 Å². The largest absolute Gasteiger partial charge is 0.379 e. The van der Waals surface area contributed by atoms with Gasteiger partial charge in [-0.05, 0) is 44.1 Å². The lowest BCUT2D eigenvalue weighted by Crippen LogP contribution is -2.39. The average Bonchev–Trinajstić information content (AvgIpc) is 3.07. The van der Waals surface area contributed by atoms with Crippen LogP contribution in [0.2, 0.25) is 0 Å². The number of ether oxygens (including phenoxy) is 1. The molecule has 1 saturated heterocycles. The van der Waals surface area contributed by atoms with E-state index in [1.807, 2.05) is 0 Å². The molecule has 3 atom stereocenters. The third-order valence-corrected chi connectivity index (χ3v) is 5.13. The average molecular weight is 266 g/mol. The Kier molecular flexibility index (Phi) is 4.38. The van der Waals surface area contributed by atoms with Gasteiger partial charge in [-0.1, -0.05) is 6.42 Å². The molecule has 2 saturated carbocycles. The van der Waals surface area contributed by atoms with Crippen LogP contribution < -0.4 is 5.32 Å². The van der Waals surface area contributed by atoms with Crippen LogP contribution in [0.1, 0.15) is 32.1 Å². The molecule has 0 aromatic carbocycles. The van der Waals surface area contributed by atoms with Crippen LogP contribution >= 0.6 is 0 Å². The molecule has 1 aliphatic heterocycles. The Balaban J connectivity index is 1.30. The van der Waals surface area contributed by atoms with Gasteiger partial charge in [0.25, 0.3) is 0 Å². The molecule has 4 nitrogen and oxygen atoms in total. The number of rotatable bonds is 5. The van der Waals surface area contributed by atoms with Crippen molar-refractivity contribution >= 4 is 5.91 Å². The maximum Gasteiger partial charge on any atom is 0.223 e. The van der Waals surface area contributed by atoms with Gasteiger partial charge in [0.15, 0.2) is 0 Å². The van der Waals surface area contributed by atoms with Crippen molar-refractivity contribution in [2.45, 2.75) is 32.1 Å². The number of fused-ring (bicyclic) bond motifs is 2. The minimum Gasteiger partial charge on any atom is -0.379 e. The van der Waals surface area contributed by atoms with Gasteiger partial charge in [-0.25, -0.2) is 0 Å². The molecule has 3 fully saturated rings. The first kappa shape index (κ1) is 13.4. The second kappa shape index (κ2) is 6.23. The first-order valence-corrected chi connectivity index (χ1v) is 7.91. The fourth-order valence-corrected chi connectivity index (χ4v) is 4.04. The Bertz CT molecular complexity index is 315. The molecule has 0 aromatic rings. The molecule has 2 aliphatic carbocycles. The third kappa shape index (κ3) is 3.29. The number of hydrogen-bond donors (Lipinski definition) is 1. The standard InChI is InChI=1S/C15H26N2O2/c18-15(14-11-12-2-3-13(14)10-12)16-4-1-5-17-6-8-19-9-7-17/h12-14H,1-11H2,(H,16,18)/t12-,13+,14-/m0/s1. The van der Waals surface area contributed by atoms with Crippen molar-refractivity contribution in [3.63, 3.8) is 0 Å². The molecule has 19 heavy (non-hydrogen) atoms. The van der Waals surface area contributed by atoms with Crippen LogP contribution in [0.25, 0.3) is 0 Å². The number of carbonyl (C=O) groups is 1. The first-order chi connectivity index (χ1) is 9.33. The summed E-state index contributed by atoms with van der Waals surface area (Å²) in [5.74, 6) is 2.22. The number of nitrogens with zero attached hydrogens (tertiary/aromatic N) is 1. The van der Waals surface area contributed by atoms with Crippen molar-refractivity contribution in [2.75, 3.05) is 39.4 Å². The monoisotopic (exact) mass is 266 g/mol. The molecule has 3 rings (SSSR count). The van der Waals surface area contributed by atoms with Gasteiger partial charge in [0.1, 0.15) is 0 Å². The van der Waals surface area contributed by atoms with Gasteiger partial charge in [-0.3, -0.25) is 9.69 Å². The van der Waals surface area contributed by atoms with E-state index in [2.05, 4.69) is 10.2 Å². The Morgan fingerprint density at radius 3 is 2.74 bits per heavy atom. The molecule has 0 radical (unpaired) electrons. The van der Waals surface area contributed by atoms with Gasteiger partial charge in [-0.2, -0.15) is 0 Å². The molecular weight excluding hydrogens is 240 g/mol. The summed E-state index contributed by atoms with van der Waals surface area (Å²) in [5.41, 5.74) is 0. The predicted molar refractivity (Wildman–Crippen MR) is 73.8 cm³/mol. The molecule has 0 aromatic heterocycles. The lowest BCUT2D eigenvalue weighted by Gasteiger charge is -2.26. The third-order valence-electron chi connectivity index (χ3n) is 5.13. The van der Waals surface area contributed by atoms with Crippen LogP contribution in [0.4, 0.5) is 0 Å². The predicted octanol–water partition coefficient (Wildman–Crippen LogP) is 1.26. The van der Waals surface area contributed by atoms with Crippen LogP contribution in [0.3, 0.4) is 0 Å². The highest BCUT2D eigenvalue weighted by atomic mass is 16.5. The summed E-state index contributed by atoms with van der Waals surface area (Å²) in [4.78, 5) is 14.6. The van der Waals surface area contributed by atoms with Crippen LogP contribution in [0, 0.1) is 17.8 Å². The SMILES string of the molecule is O=C(NCCCN1CCOCC1)[C@H]1C[C@H]2CC[C@@H]1C2. The van der Waals surface area contributed by atoms with Crippen molar-refractivity contribution in [1.82, 2.24) is 10.2 Å². The van der Waals surface area contributed by atoms with Crippen molar-refractivity contribution in [2.24, 2.45) is 17.8 Å². The zero-order valence-electron chi connectivity index (χ0n) is 11.8. The van der Waals surface area contributed by atoms with E-state index < -0.39 is 0 Å². The van der Waals surface area contributed by atoms with Gasteiger partial charge < -0.3 is 10.1 Å². The van der Waals surface area contributed by atoms with Crippen LogP contribution in [-0.4, -0.2) is 50.2 Å². The Morgan fingerprint density at radius 1 is 1.21 bits per heavy atom. The topological polar surface area (TPSA) is 41.6 Å². The molecule has 2 bridgehead atoms. The molecule has 0 spiro atoms. The van der Waals surface area contributed by atoms with E-state index >= 15 is 0 Å². The van der Waals surface area contributed by atoms with E-state index in [1.54, 1.807) is 0 Å². The zero-order chi connectivity index (χ0) is 13.1. The molecule has 3 aliphatic rings. The van der Waals surface area contributed by atoms with E-state index in [1.165, 1.54) is 19.3 Å². The fraction of sp³-hybridized carbons (Fsp3) is 0.933. The number of morpholine rings is 1. The smallest absolute Gasteiger partial charge is 0.223 e. The molecule has 1 N–H and O–H groups in total. The van der Waals surface area contributed by atoms with E-state index in [4.69, 9.17) is 4.74 Å². The molecule has 108 valence electrons. The summed E-state index contributed by atoms with van der Waals surface area (Å²) >= 11 is 0. The summed E-state index contributed by atoms with van der Waals surface area (Å²) in [6.07, 6.45) is 6.18. The van der Waals surface area contributed by atoms with Crippen molar-refractivity contribution < 1.29 is 9.53 Å². The van der Waals surface area contributed by atoms with E-state index in [0.717, 1.165) is 58.2 Å². The summed E-state index contributed by atoms with van der Waals surface area (Å²) < 4.78 is 5.33. The highest BCUT2D eigenvalue weighted by Gasteiger charge is 2.42. The lowest BCUT2D eigenvalue weighted by molar-refractivity contribution is -0.126. The van der Waals surface area contributed by atoms with E-state index in [9.17, 15) is 4.79 Å². The molecular formula is C15H26N2O2. The highest BCUT2D eigenvalue weighted by molar-refractivity contribution is 5.79. The van der Waals surface area contributed by atoms with Gasteiger partial charge >= 0.3 is 0 Å². The number of hydrogen-bond acceptors (Lipinski definition) is 3. The summed E-state index contributed by atoms with van der Waals surface area (Å²) in [6.45, 7) is 5.72. The first-order valence-electron chi connectivity index (χ1n) is 7.91. The summed E-state index contributed by atoms with van der Waals surface area (Å²) in [6, 6.07) is 0. The molecule has 0 unspecified atom stereocenters. The quantitative estimate of drug-likeness (QED) is 0.762. The normalized spacial score (nSPS) is 34.6. The maximum absolute atomic E-state index is 12.1. The van der Waals surface area contributed by atoms with Gasteiger partial charge in [0, 0.05) is 25.6 Å². The maximum atomic E-state index is 12.1. The van der Waals surface area contributed by atoms with Gasteiger partial charge in [-0.15, -0.1) is 0 Å². The van der Waals surface area contributed by atoms with Gasteiger partial charge in [0.2, 0.25) is 5.91 Å². The van der Waals surface area contributed by atoms with Gasteiger partial charge in [0.05, 0.1) is 13.2 Å². The number of amides is 1. The van der Waals surface area contributed by atoms with Crippen molar-refractivity contribution in [3.05, 3.63) is 0 Å². The van der Waals surface area contributed by atoms with Crippen molar-refractivity contribution in [1.29, 1.82) is 0 Å². The second-order valence-corrected chi connectivity index (χ2v) is 6.38. The Labute approximate surface area is 115 Å². The minimum atomic E-state index is 0.328. The van der Waals surface area contributed by atoms with E-state index in [-0.39, 0.29) is 0 Å². The molecule has 4 heteroatoms. The van der Waals surface area contributed by atoms with Crippen molar-refractivity contribution in [3.8, 4) is 0 Å². The summed E-state index contributed by atoms with van der Waals surface area (Å²) in [5, 5.41) is 3.15. The van der Waals surface area contributed by atoms with Crippen LogP contribution in [0.5, 0.6) is 0 Å². The minimum absolute atomic E-state index is 0.328.